The van der Waals surface area contributed by atoms with Crippen LogP contribution in [0.5, 0.6) is 0 Å². The van der Waals surface area contributed by atoms with E-state index in [1.54, 1.807) is 18.4 Å². The number of rotatable bonds is 5. The fourth-order valence-corrected chi connectivity index (χ4v) is 2.65. The summed E-state index contributed by atoms with van der Waals surface area (Å²) in [6, 6.07) is 4.56. The standard InChI is InChI=1S/C14H17N3O3S/c1-21-13-3-2-11(8-12(13)17(19)20)14(18)16-9-10-4-6-15-7-5-10/h2-4,8,15H,5-7,9H2,1H3,(H,16,18). The van der Waals surface area contributed by atoms with Gasteiger partial charge in [0.15, 0.2) is 0 Å². The van der Waals surface area contributed by atoms with Crippen molar-refractivity contribution < 1.29 is 9.72 Å². The first kappa shape index (κ1) is 15.5. The van der Waals surface area contributed by atoms with E-state index in [-0.39, 0.29) is 11.6 Å². The molecular weight excluding hydrogens is 290 g/mol. The van der Waals surface area contributed by atoms with Crippen LogP contribution in [0.25, 0.3) is 0 Å². The van der Waals surface area contributed by atoms with Crippen LogP contribution in [-0.4, -0.2) is 36.7 Å². The lowest BCUT2D eigenvalue weighted by Gasteiger charge is -2.14. The minimum Gasteiger partial charge on any atom is -0.348 e. The average molecular weight is 307 g/mol. The number of nitrogens with zero attached hydrogens (tertiary/aromatic N) is 1. The highest BCUT2D eigenvalue weighted by Crippen LogP contribution is 2.28. The normalized spacial score (nSPS) is 14.4. The van der Waals surface area contributed by atoms with Crippen molar-refractivity contribution in [3.05, 3.63) is 45.5 Å². The molecule has 1 aliphatic rings. The van der Waals surface area contributed by atoms with Crippen LogP contribution in [0.4, 0.5) is 5.69 Å². The zero-order valence-corrected chi connectivity index (χ0v) is 12.5. The van der Waals surface area contributed by atoms with Crippen LogP contribution >= 0.6 is 11.8 Å². The second kappa shape index (κ2) is 7.24. The number of thioether (sulfide) groups is 1. The molecule has 0 saturated carbocycles. The summed E-state index contributed by atoms with van der Waals surface area (Å²) < 4.78 is 0. The Balaban J connectivity index is 2.06. The zero-order valence-electron chi connectivity index (χ0n) is 11.7. The molecule has 112 valence electrons. The van der Waals surface area contributed by atoms with E-state index in [0.717, 1.165) is 19.5 Å². The van der Waals surface area contributed by atoms with Crippen molar-refractivity contribution >= 4 is 23.4 Å². The van der Waals surface area contributed by atoms with Gasteiger partial charge in [-0.15, -0.1) is 11.8 Å². The van der Waals surface area contributed by atoms with Crippen LogP contribution in [0.1, 0.15) is 16.8 Å². The Morgan fingerprint density at radius 3 is 2.95 bits per heavy atom. The number of nitro groups is 1. The molecular formula is C14H17N3O3S. The third kappa shape index (κ3) is 4.05. The van der Waals surface area contributed by atoms with E-state index in [9.17, 15) is 14.9 Å². The molecule has 7 heteroatoms. The molecule has 0 aromatic heterocycles. The lowest BCUT2D eigenvalue weighted by molar-refractivity contribution is -0.387. The largest absolute Gasteiger partial charge is 0.348 e. The quantitative estimate of drug-likeness (QED) is 0.376. The SMILES string of the molecule is CSc1ccc(C(=O)NCC2=CCNCC2)cc1[N+](=O)[O-]. The first-order valence-corrected chi connectivity index (χ1v) is 7.83. The van der Waals surface area contributed by atoms with Crippen LogP contribution in [-0.2, 0) is 0 Å². The molecule has 1 heterocycles. The fourth-order valence-electron chi connectivity index (χ4n) is 2.10. The minimum atomic E-state index is -0.460. The Morgan fingerprint density at radius 1 is 1.52 bits per heavy atom. The molecule has 1 aliphatic heterocycles. The van der Waals surface area contributed by atoms with Gasteiger partial charge in [-0.1, -0.05) is 11.6 Å². The first-order chi connectivity index (χ1) is 10.1. The number of hydrogen-bond donors (Lipinski definition) is 2. The molecule has 2 N–H and O–H groups in total. The van der Waals surface area contributed by atoms with Gasteiger partial charge < -0.3 is 10.6 Å². The molecule has 0 spiro atoms. The van der Waals surface area contributed by atoms with E-state index in [0.29, 0.717) is 17.0 Å². The number of benzene rings is 1. The average Bonchev–Trinajstić information content (AvgIpc) is 2.52. The van der Waals surface area contributed by atoms with E-state index < -0.39 is 4.92 Å². The maximum absolute atomic E-state index is 12.1. The van der Waals surface area contributed by atoms with Crippen LogP contribution in [0.15, 0.2) is 34.7 Å². The van der Waals surface area contributed by atoms with Gasteiger partial charge in [0.2, 0.25) is 0 Å². The van der Waals surface area contributed by atoms with Gasteiger partial charge in [0.25, 0.3) is 11.6 Å². The summed E-state index contributed by atoms with van der Waals surface area (Å²) in [7, 11) is 0. The molecule has 1 aromatic rings. The van der Waals surface area contributed by atoms with Gasteiger partial charge in [-0.3, -0.25) is 14.9 Å². The van der Waals surface area contributed by atoms with Gasteiger partial charge in [-0.25, -0.2) is 0 Å². The van der Waals surface area contributed by atoms with Gasteiger partial charge in [-0.2, -0.15) is 0 Å². The highest BCUT2D eigenvalue weighted by atomic mass is 32.2. The third-order valence-corrected chi connectivity index (χ3v) is 4.06. The molecule has 0 bridgehead atoms. The molecule has 1 aromatic carbocycles. The van der Waals surface area contributed by atoms with Gasteiger partial charge in [-0.05, 0) is 31.4 Å². The summed E-state index contributed by atoms with van der Waals surface area (Å²) in [4.78, 5) is 23.2. The summed E-state index contributed by atoms with van der Waals surface area (Å²) in [6.45, 7) is 2.22. The highest BCUT2D eigenvalue weighted by molar-refractivity contribution is 7.98. The summed E-state index contributed by atoms with van der Waals surface area (Å²) in [6.07, 6.45) is 4.74. The number of amides is 1. The number of nitro benzene ring substituents is 1. The summed E-state index contributed by atoms with van der Waals surface area (Å²) in [5.41, 5.74) is 1.46. The maximum atomic E-state index is 12.1. The van der Waals surface area contributed by atoms with E-state index in [1.807, 2.05) is 0 Å². The summed E-state index contributed by atoms with van der Waals surface area (Å²) in [5, 5.41) is 17.0. The van der Waals surface area contributed by atoms with Crippen LogP contribution < -0.4 is 10.6 Å². The number of hydrogen-bond acceptors (Lipinski definition) is 5. The molecule has 0 aliphatic carbocycles. The number of carbonyl (C=O) groups is 1. The van der Waals surface area contributed by atoms with Crippen molar-refractivity contribution in [1.29, 1.82) is 0 Å². The van der Waals surface area contributed by atoms with Crippen molar-refractivity contribution in [2.45, 2.75) is 11.3 Å². The predicted octanol–water partition coefficient (Wildman–Crippen LogP) is 1.97. The fraction of sp³-hybridized carbons (Fsp3) is 0.357. The molecule has 0 saturated heterocycles. The summed E-state index contributed by atoms with van der Waals surface area (Å²) >= 11 is 1.29. The second-order valence-corrected chi connectivity index (χ2v) is 5.49. The smallest absolute Gasteiger partial charge is 0.283 e. The monoisotopic (exact) mass is 307 g/mol. The van der Waals surface area contributed by atoms with Crippen molar-refractivity contribution in [3.8, 4) is 0 Å². The van der Waals surface area contributed by atoms with Gasteiger partial charge in [0.05, 0.1) is 9.82 Å². The lowest BCUT2D eigenvalue weighted by atomic mass is 10.1. The van der Waals surface area contributed by atoms with Gasteiger partial charge >= 0.3 is 0 Å². The Morgan fingerprint density at radius 2 is 2.33 bits per heavy atom. The molecule has 21 heavy (non-hydrogen) atoms. The Labute approximate surface area is 127 Å². The molecule has 0 atom stereocenters. The van der Waals surface area contributed by atoms with Crippen LogP contribution in [0.2, 0.25) is 0 Å². The Bertz CT molecular complexity index is 587. The van der Waals surface area contributed by atoms with Crippen molar-refractivity contribution in [2.75, 3.05) is 25.9 Å². The Kier molecular flexibility index (Phi) is 5.35. The van der Waals surface area contributed by atoms with Crippen molar-refractivity contribution in [1.82, 2.24) is 10.6 Å². The second-order valence-electron chi connectivity index (χ2n) is 4.64. The molecule has 6 nitrogen and oxygen atoms in total. The third-order valence-electron chi connectivity index (χ3n) is 3.27. The van der Waals surface area contributed by atoms with Gasteiger partial charge in [0.1, 0.15) is 0 Å². The van der Waals surface area contributed by atoms with Crippen LogP contribution in [0.3, 0.4) is 0 Å². The topological polar surface area (TPSA) is 84.3 Å². The van der Waals surface area contributed by atoms with Crippen molar-refractivity contribution in [3.63, 3.8) is 0 Å². The van der Waals surface area contributed by atoms with E-state index in [4.69, 9.17) is 0 Å². The maximum Gasteiger partial charge on any atom is 0.283 e. The molecule has 2 rings (SSSR count). The molecule has 0 radical (unpaired) electrons. The minimum absolute atomic E-state index is 0.0313. The number of nitrogens with one attached hydrogen (secondary N) is 2. The number of carbonyl (C=O) groups excluding carboxylic acids is 1. The van der Waals surface area contributed by atoms with Crippen molar-refractivity contribution in [2.24, 2.45) is 0 Å². The predicted molar refractivity (Wildman–Crippen MR) is 82.8 cm³/mol. The molecule has 0 unspecified atom stereocenters. The van der Waals surface area contributed by atoms with E-state index >= 15 is 0 Å². The first-order valence-electron chi connectivity index (χ1n) is 6.61. The lowest BCUT2D eigenvalue weighted by Crippen LogP contribution is -2.29. The molecule has 1 amide bonds. The van der Waals surface area contributed by atoms with E-state index in [2.05, 4.69) is 16.7 Å². The van der Waals surface area contributed by atoms with E-state index in [1.165, 1.54) is 23.4 Å². The van der Waals surface area contributed by atoms with Crippen LogP contribution in [0, 0.1) is 10.1 Å². The highest BCUT2D eigenvalue weighted by Gasteiger charge is 2.17. The Hall–Kier alpha value is -1.86. The molecule has 0 fully saturated rings. The zero-order chi connectivity index (χ0) is 15.2. The summed E-state index contributed by atoms with van der Waals surface area (Å²) in [5.74, 6) is -0.287. The van der Waals surface area contributed by atoms with Gasteiger partial charge in [0, 0.05) is 24.7 Å².